The normalized spacial score (nSPS) is 26.9. The fraction of sp³-hybridized carbons (Fsp3) is 0.625. The van der Waals surface area contributed by atoms with Crippen LogP contribution in [0.25, 0.3) is 0 Å². The average molecular weight is 404 g/mol. The molecule has 3 rings (SSSR count). The van der Waals surface area contributed by atoms with E-state index in [0.29, 0.717) is 32.5 Å². The molecule has 5 heteroatoms. The molecule has 0 radical (unpaired) electrons. The minimum Gasteiger partial charge on any atom is -0.377 e. The van der Waals surface area contributed by atoms with Crippen molar-refractivity contribution in [3.63, 3.8) is 0 Å². The van der Waals surface area contributed by atoms with Gasteiger partial charge in [-0.1, -0.05) is 52.9 Å². The Kier molecular flexibility index (Phi) is 5.50. The first-order valence-corrected chi connectivity index (χ1v) is 8.95. The van der Waals surface area contributed by atoms with Gasteiger partial charge in [-0.15, -0.1) is 0 Å². The van der Waals surface area contributed by atoms with Gasteiger partial charge in [0.15, 0.2) is 5.79 Å². The van der Waals surface area contributed by atoms with Crippen molar-refractivity contribution in [3.8, 4) is 0 Å². The largest absolute Gasteiger partial charge is 0.377 e. The Hall–Kier alpha value is -0.210. The summed E-state index contributed by atoms with van der Waals surface area (Å²) in [6.07, 6.45) is 2.23. The van der Waals surface area contributed by atoms with Crippen LogP contribution in [0.15, 0.2) is 30.3 Å². The monoisotopic (exact) mass is 404 g/mol. The summed E-state index contributed by atoms with van der Waals surface area (Å²) in [6.45, 7) is 2.60. The Balaban J connectivity index is 1.43. The molecule has 2 fully saturated rings. The molecule has 21 heavy (non-hydrogen) atoms. The van der Waals surface area contributed by atoms with Crippen LogP contribution in [0.2, 0.25) is 0 Å². The molecule has 116 valence electrons. The molecule has 2 atom stereocenters. The maximum atomic E-state index is 5.85. The van der Waals surface area contributed by atoms with E-state index >= 15 is 0 Å². The summed E-state index contributed by atoms with van der Waals surface area (Å²) in [5.74, 6) is -0.498. The molecule has 0 aromatic heterocycles. The van der Waals surface area contributed by atoms with Gasteiger partial charge in [-0.25, -0.2) is 0 Å². The van der Waals surface area contributed by atoms with E-state index in [4.69, 9.17) is 18.9 Å². The molecule has 2 saturated heterocycles. The molecule has 0 unspecified atom stereocenters. The number of rotatable bonds is 8. The highest BCUT2D eigenvalue weighted by Crippen LogP contribution is 2.37. The highest BCUT2D eigenvalue weighted by molar-refractivity contribution is 14.1. The van der Waals surface area contributed by atoms with Crippen molar-refractivity contribution in [3.05, 3.63) is 35.9 Å². The van der Waals surface area contributed by atoms with E-state index in [-0.39, 0.29) is 6.10 Å². The number of hydrogen-bond acceptors (Lipinski definition) is 4. The quantitative estimate of drug-likeness (QED) is 0.289. The van der Waals surface area contributed by atoms with Crippen molar-refractivity contribution < 1.29 is 18.9 Å². The van der Waals surface area contributed by atoms with Crippen LogP contribution in [0.1, 0.15) is 18.4 Å². The molecule has 0 aliphatic carbocycles. The lowest BCUT2D eigenvalue weighted by Crippen LogP contribution is -2.34. The average Bonchev–Trinajstić information content (AvgIpc) is 3.10. The highest BCUT2D eigenvalue weighted by Gasteiger charge is 2.47. The number of ether oxygens (including phenoxy) is 4. The second-order valence-corrected chi connectivity index (χ2v) is 6.35. The molecule has 1 aromatic carbocycles. The van der Waals surface area contributed by atoms with Gasteiger partial charge in [-0.2, -0.15) is 0 Å². The number of benzene rings is 1. The third kappa shape index (κ3) is 4.39. The summed E-state index contributed by atoms with van der Waals surface area (Å²) >= 11 is 2.36. The van der Waals surface area contributed by atoms with Crippen LogP contribution in [0, 0.1) is 0 Å². The van der Waals surface area contributed by atoms with Crippen LogP contribution in [0.4, 0.5) is 0 Å². The predicted octanol–water partition coefficient (Wildman–Crippen LogP) is 2.93. The summed E-state index contributed by atoms with van der Waals surface area (Å²) in [5, 5.41) is 0. The Labute approximate surface area is 139 Å². The van der Waals surface area contributed by atoms with Crippen LogP contribution in [-0.2, 0) is 25.6 Å². The van der Waals surface area contributed by atoms with Crippen molar-refractivity contribution >= 4 is 22.6 Å². The number of halogens is 1. The zero-order valence-corrected chi connectivity index (χ0v) is 14.2. The fourth-order valence-corrected chi connectivity index (χ4v) is 3.43. The van der Waals surface area contributed by atoms with E-state index in [1.54, 1.807) is 0 Å². The van der Waals surface area contributed by atoms with Gasteiger partial charge in [-0.05, 0) is 5.56 Å². The minimum atomic E-state index is -0.498. The minimum absolute atomic E-state index is 0.286. The third-order valence-electron chi connectivity index (χ3n) is 3.90. The summed E-state index contributed by atoms with van der Waals surface area (Å²) in [4.78, 5) is 0. The summed E-state index contributed by atoms with van der Waals surface area (Å²) in [6, 6.07) is 10.2. The third-order valence-corrected chi connectivity index (χ3v) is 4.77. The molecule has 0 bridgehead atoms. The predicted molar refractivity (Wildman–Crippen MR) is 87.5 cm³/mol. The lowest BCUT2D eigenvalue weighted by Gasteiger charge is -2.26. The molecule has 0 spiro atoms. The van der Waals surface area contributed by atoms with Gasteiger partial charge >= 0.3 is 0 Å². The molecular formula is C16H21IO4. The van der Waals surface area contributed by atoms with Crippen LogP contribution in [-0.4, -0.2) is 42.2 Å². The van der Waals surface area contributed by atoms with Crippen molar-refractivity contribution in [1.29, 1.82) is 0 Å². The molecule has 0 amide bonds. The Morgan fingerprint density at radius 2 is 1.90 bits per heavy atom. The van der Waals surface area contributed by atoms with E-state index in [0.717, 1.165) is 17.3 Å². The Bertz CT molecular complexity index is 433. The second-order valence-electron chi connectivity index (χ2n) is 5.47. The molecule has 2 aliphatic rings. The molecule has 2 heterocycles. The van der Waals surface area contributed by atoms with E-state index < -0.39 is 5.79 Å². The highest BCUT2D eigenvalue weighted by atomic mass is 127. The van der Waals surface area contributed by atoms with Crippen LogP contribution in [0.5, 0.6) is 0 Å². The van der Waals surface area contributed by atoms with Gasteiger partial charge in [0.2, 0.25) is 0 Å². The topological polar surface area (TPSA) is 40.2 Å². The summed E-state index contributed by atoms with van der Waals surface area (Å²) in [5.41, 5.74) is 1.19. The van der Waals surface area contributed by atoms with Gasteiger partial charge in [-0.3, -0.25) is 0 Å². The lowest BCUT2D eigenvalue weighted by atomic mass is 10.1. The molecule has 1 aromatic rings. The van der Waals surface area contributed by atoms with Crippen LogP contribution >= 0.6 is 22.6 Å². The van der Waals surface area contributed by atoms with Gasteiger partial charge in [0.05, 0.1) is 38.6 Å². The first-order chi connectivity index (χ1) is 10.3. The lowest BCUT2D eigenvalue weighted by molar-refractivity contribution is -0.177. The van der Waals surface area contributed by atoms with E-state index in [2.05, 4.69) is 34.7 Å². The van der Waals surface area contributed by atoms with Crippen molar-refractivity contribution in [1.82, 2.24) is 0 Å². The first kappa shape index (κ1) is 15.7. The van der Waals surface area contributed by atoms with Crippen LogP contribution < -0.4 is 0 Å². The van der Waals surface area contributed by atoms with Crippen molar-refractivity contribution in [2.45, 2.75) is 37.4 Å². The maximum Gasteiger partial charge on any atom is 0.173 e. The van der Waals surface area contributed by atoms with E-state index in [1.807, 2.05) is 18.2 Å². The van der Waals surface area contributed by atoms with Crippen LogP contribution in [0.3, 0.4) is 0 Å². The molecule has 0 N–H and O–H groups in total. The first-order valence-electron chi connectivity index (χ1n) is 7.42. The molecular weight excluding hydrogens is 383 g/mol. The number of epoxide rings is 1. The van der Waals surface area contributed by atoms with E-state index in [9.17, 15) is 0 Å². The van der Waals surface area contributed by atoms with Gasteiger partial charge in [0.1, 0.15) is 0 Å². The molecule has 2 aliphatic heterocycles. The van der Waals surface area contributed by atoms with Crippen molar-refractivity contribution in [2.24, 2.45) is 0 Å². The van der Waals surface area contributed by atoms with E-state index in [1.165, 1.54) is 5.56 Å². The SMILES string of the molecule is IC[C@H]1O[C@@H]1CC1(CCOCc2ccccc2)OCCO1. The Morgan fingerprint density at radius 3 is 2.57 bits per heavy atom. The number of hydrogen-bond donors (Lipinski definition) is 0. The smallest absolute Gasteiger partial charge is 0.173 e. The molecule has 4 nitrogen and oxygen atoms in total. The maximum absolute atomic E-state index is 5.85. The zero-order valence-electron chi connectivity index (χ0n) is 12.0. The van der Waals surface area contributed by atoms with Gasteiger partial charge in [0.25, 0.3) is 0 Å². The number of alkyl halides is 1. The second kappa shape index (κ2) is 7.37. The standard InChI is InChI=1S/C16H21IO4/c17-11-15-14(21-15)10-16(19-8-9-20-16)6-7-18-12-13-4-2-1-3-5-13/h1-5,14-15H,6-12H2/t14-,15-/m1/s1. The fourth-order valence-electron chi connectivity index (χ4n) is 2.65. The van der Waals surface area contributed by atoms with Gasteiger partial charge < -0.3 is 18.9 Å². The Morgan fingerprint density at radius 1 is 1.14 bits per heavy atom. The summed E-state index contributed by atoms with van der Waals surface area (Å²) in [7, 11) is 0. The molecule has 0 saturated carbocycles. The van der Waals surface area contributed by atoms with Gasteiger partial charge in [0, 0.05) is 17.3 Å². The summed E-state index contributed by atoms with van der Waals surface area (Å²) < 4.78 is 24.1. The van der Waals surface area contributed by atoms with Crippen molar-refractivity contribution in [2.75, 3.05) is 24.2 Å². The zero-order chi connectivity index (χ0) is 14.5.